The second-order valence-electron chi connectivity index (χ2n) is 3.25. The Morgan fingerprint density at radius 2 is 2.25 bits per heavy atom. The van der Waals surface area contributed by atoms with Crippen molar-refractivity contribution in [1.82, 2.24) is 10.3 Å². The number of nitrogens with zero attached hydrogens (tertiary/aromatic N) is 2. The van der Waals surface area contributed by atoms with Crippen molar-refractivity contribution in [2.75, 3.05) is 14.1 Å². The van der Waals surface area contributed by atoms with E-state index >= 15 is 0 Å². The lowest BCUT2D eigenvalue weighted by Gasteiger charge is -2.04. The predicted molar refractivity (Wildman–Crippen MR) is 63.7 cm³/mol. The van der Waals surface area contributed by atoms with Crippen molar-refractivity contribution in [3.63, 3.8) is 0 Å². The molecule has 0 aromatic heterocycles. The Hall–Kier alpha value is -1.43. The van der Waals surface area contributed by atoms with Gasteiger partial charge in [-0.1, -0.05) is 6.07 Å². The minimum absolute atomic E-state index is 0.0507. The van der Waals surface area contributed by atoms with Gasteiger partial charge in [0.15, 0.2) is 0 Å². The lowest BCUT2D eigenvalue weighted by Crippen LogP contribution is -2.21. The molecule has 0 aliphatic carbocycles. The van der Waals surface area contributed by atoms with Crippen LogP contribution in [0.25, 0.3) is 0 Å². The first kappa shape index (κ1) is 12.6. The van der Waals surface area contributed by atoms with Crippen molar-refractivity contribution < 1.29 is 9.18 Å². The fourth-order valence-electron chi connectivity index (χ4n) is 0.942. The molecule has 0 radical (unpaired) electrons. The summed E-state index contributed by atoms with van der Waals surface area (Å²) in [6.07, 6.45) is 1.41. The highest BCUT2D eigenvalue weighted by atomic mass is 79.9. The SMILES string of the molecule is CN(C)/C=N/NC(=O)c1cccc(Br)c1F. The van der Waals surface area contributed by atoms with Crippen LogP contribution in [0.3, 0.4) is 0 Å². The van der Waals surface area contributed by atoms with Crippen LogP contribution in [0.1, 0.15) is 10.4 Å². The second-order valence-corrected chi connectivity index (χ2v) is 4.10. The van der Waals surface area contributed by atoms with E-state index in [1.54, 1.807) is 25.1 Å². The predicted octanol–water partition coefficient (Wildman–Crippen LogP) is 1.82. The van der Waals surface area contributed by atoms with Gasteiger partial charge in [-0.2, -0.15) is 5.10 Å². The van der Waals surface area contributed by atoms with E-state index in [0.717, 1.165) is 0 Å². The standard InChI is InChI=1S/C10H11BrFN3O/c1-15(2)6-13-14-10(16)7-4-3-5-8(11)9(7)12/h3-6H,1-2H3,(H,14,16)/b13-6+. The molecule has 0 atom stereocenters. The number of halogens is 2. The Morgan fingerprint density at radius 1 is 1.56 bits per heavy atom. The first-order valence-electron chi connectivity index (χ1n) is 4.46. The Labute approximate surface area is 101 Å². The highest BCUT2D eigenvalue weighted by Gasteiger charge is 2.12. The van der Waals surface area contributed by atoms with Crippen LogP contribution in [0.4, 0.5) is 4.39 Å². The zero-order valence-electron chi connectivity index (χ0n) is 8.87. The Kier molecular flexibility index (Phi) is 4.42. The van der Waals surface area contributed by atoms with Crippen LogP contribution in [-0.2, 0) is 0 Å². The molecule has 6 heteroatoms. The van der Waals surface area contributed by atoms with Gasteiger partial charge in [0.25, 0.3) is 5.91 Å². The normalized spacial score (nSPS) is 10.5. The number of nitrogens with one attached hydrogen (secondary N) is 1. The molecule has 0 bridgehead atoms. The van der Waals surface area contributed by atoms with Crippen LogP contribution in [0.5, 0.6) is 0 Å². The number of hydrazone groups is 1. The van der Waals surface area contributed by atoms with Crippen molar-refractivity contribution in [2.45, 2.75) is 0 Å². The number of rotatable bonds is 3. The molecule has 16 heavy (non-hydrogen) atoms. The fraction of sp³-hybridized carbons (Fsp3) is 0.200. The summed E-state index contributed by atoms with van der Waals surface area (Å²) >= 11 is 3.00. The molecule has 1 N–H and O–H groups in total. The molecule has 1 aromatic rings. The number of amides is 1. The van der Waals surface area contributed by atoms with E-state index in [2.05, 4.69) is 26.5 Å². The van der Waals surface area contributed by atoms with Gasteiger partial charge < -0.3 is 4.90 Å². The van der Waals surface area contributed by atoms with Crippen molar-refractivity contribution in [3.05, 3.63) is 34.1 Å². The van der Waals surface area contributed by atoms with Crippen molar-refractivity contribution in [2.24, 2.45) is 5.10 Å². The zero-order chi connectivity index (χ0) is 12.1. The van der Waals surface area contributed by atoms with E-state index in [9.17, 15) is 9.18 Å². The summed E-state index contributed by atoms with van der Waals surface area (Å²) < 4.78 is 13.7. The molecule has 0 aliphatic heterocycles. The van der Waals surface area contributed by atoms with Gasteiger partial charge in [0.1, 0.15) is 12.2 Å². The molecule has 0 saturated heterocycles. The molecular weight excluding hydrogens is 277 g/mol. The molecule has 0 aliphatic rings. The lowest BCUT2D eigenvalue weighted by molar-refractivity contribution is 0.0950. The largest absolute Gasteiger partial charge is 0.367 e. The molecule has 1 amide bonds. The summed E-state index contributed by atoms with van der Waals surface area (Å²) in [5, 5.41) is 3.64. The summed E-state index contributed by atoms with van der Waals surface area (Å²) in [6.45, 7) is 0. The van der Waals surface area contributed by atoms with Gasteiger partial charge in [-0.3, -0.25) is 4.79 Å². The van der Waals surface area contributed by atoms with Gasteiger partial charge in [-0.15, -0.1) is 0 Å². The highest BCUT2D eigenvalue weighted by molar-refractivity contribution is 9.10. The molecule has 4 nitrogen and oxygen atoms in total. The van der Waals surface area contributed by atoms with Crippen LogP contribution >= 0.6 is 15.9 Å². The average molecular weight is 288 g/mol. The topological polar surface area (TPSA) is 44.7 Å². The molecule has 0 heterocycles. The maximum atomic E-state index is 13.5. The maximum absolute atomic E-state index is 13.5. The minimum atomic E-state index is -0.597. The van der Waals surface area contributed by atoms with Gasteiger partial charge in [-0.05, 0) is 28.1 Å². The van der Waals surface area contributed by atoms with Crippen molar-refractivity contribution >= 4 is 28.2 Å². The van der Waals surface area contributed by atoms with Crippen molar-refractivity contribution in [1.29, 1.82) is 0 Å². The van der Waals surface area contributed by atoms with Crippen LogP contribution < -0.4 is 5.43 Å². The monoisotopic (exact) mass is 287 g/mol. The minimum Gasteiger partial charge on any atom is -0.367 e. The van der Waals surface area contributed by atoms with E-state index in [4.69, 9.17) is 0 Å². The first-order valence-corrected chi connectivity index (χ1v) is 5.25. The van der Waals surface area contributed by atoms with Crippen LogP contribution in [-0.4, -0.2) is 31.2 Å². The van der Waals surface area contributed by atoms with Gasteiger partial charge >= 0.3 is 0 Å². The van der Waals surface area contributed by atoms with Gasteiger partial charge in [0.05, 0.1) is 10.0 Å². The molecule has 0 spiro atoms. The summed E-state index contributed by atoms with van der Waals surface area (Å²) in [7, 11) is 3.52. The quantitative estimate of drug-likeness (QED) is 0.524. The van der Waals surface area contributed by atoms with Crippen LogP contribution in [0.15, 0.2) is 27.8 Å². The first-order chi connectivity index (χ1) is 7.52. The maximum Gasteiger partial charge on any atom is 0.274 e. The Balaban J connectivity index is 2.78. The van der Waals surface area contributed by atoms with E-state index in [-0.39, 0.29) is 10.0 Å². The van der Waals surface area contributed by atoms with Crippen LogP contribution in [0.2, 0.25) is 0 Å². The number of hydrogen-bond acceptors (Lipinski definition) is 2. The fourth-order valence-corrected chi connectivity index (χ4v) is 1.31. The zero-order valence-corrected chi connectivity index (χ0v) is 10.5. The molecule has 0 fully saturated rings. The van der Waals surface area contributed by atoms with E-state index in [1.165, 1.54) is 18.5 Å². The number of hydrogen-bond donors (Lipinski definition) is 1. The smallest absolute Gasteiger partial charge is 0.274 e. The Morgan fingerprint density at radius 3 is 2.88 bits per heavy atom. The molecule has 0 unspecified atom stereocenters. The van der Waals surface area contributed by atoms with Gasteiger partial charge in [0, 0.05) is 14.1 Å². The summed E-state index contributed by atoms with van der Waals surface area (Å²) in [6, 6.07) is 4.49. The van der Waals surface area contributed by atoms with Crippen molar-refractivity contribution in [3.8, 4) is 0 Å². The molecule has 86 valence electrons. The Bertz CT molecular complexity index is 421. The summed E-state index contributed by atoms with van der Waals surface area (Å²) in [5.74, 6) is -1.18. The number of carbonyl (C=O) groups excluding carboxylic acids is 1. The summed E-state index contributed by atoms with van der Waals surface area (Å²) in [5.41, 5.74) is 2.18. The molecule has 0 saturated carbocycles. The average Bonchev–Trinajstić information content (AvgIpc) is 2.21. The molecule has 1 rings (SSSR count). The second kappa shape index (κ2) is 5.60. The van der Waals surface area contributed by atoms with E-state index in [1.807, 2.05) is 0 Å². The molecular formula is C10H11BrFN3O. The van der Waals surface area contributed by atoms with Crippen LogP contribution in [0, 0.1) is 5.82 Å². The number of carbonyl (C=O) groups is 1. The van der Waals surface area contributed by atoms with Gasteiger partial charge in [-0.25, -0.2) is 9.82 Å². The summed E-state index contributed by atoms with van der Waals surface area (Å²) in [4.78, 5) is 13.1. The molecule has 1 aromatic carbocycles. The lowest BCUT2D eigenvalue weighted by atomic mass is 10.2. The third-order valence-corrected chi connectivity index (χ3v) is 2.26. The third kappa shape index (κ3) is 3.30. The third-order valence-electron chi connectivity index (χ3n) is 1.65. The van der Waals surface area contributed by atoms with E-state index in [0.29, 0.717) is 0 Å². The number of benzene rings is 1. The van der Waals surface area contributed by atoms with Gasteiger partial charge in [0.2, 0.25) is 0 Å². The highest BCUT2D eigenvalue weighted by Crippen LogP contribution is 2.18. The van der Waals surface area contributed by atoms with E-state index < -0.39 is 11.7 Å².